The number of benzene rings is 3. The molecule has 31 heavy (non-hydrogen) atoms. The van der Waals surface area contributed by atoms with Crippen LogP contribution in [-0.2, 0) is 22.6 Å². The second kappa shape index (κ2) is 9.04. The van der Waals surface area contributed by atoms with E-state index in [2.05, 4.69) is 5.32 Å². The zero-order chi connectivity index (χ0) is 21.8. The number of hydrogen-bond acceptors (Lipinski definition) is 3. The van der Waals surface area contributed by atoms with Crippen molar-refractivity contribution in [3.05, 3.63) is 89.0 Å². The van der Waals surface area contributed by atoms with E-state index in [4.69, 9.17) is 4.74 Å². The molecule has 3 aromatic rings. The Morgan fingerprint density at radius 1 is 0.968 bits per heavy atom. The van der Waals surface area contributed by atoms with Crippen molar-refractivity contribution in [1.82, 2.24) is 0 Å². The third-order valence-corrected chi connectivity index (χ3v) is 5.50. The van der Waals surface area contributed by atoms with Gasteiger partial charge in [-0.15, -0.1) is 0 Å². The van der Waals surface area contributed by atoms with Crippen LogP contribution in [0.1, 0.15) is 28.7 Å². The van der Waals surface area contributed by atoms with Gasteiger partial charge in [-0.3, -0.25) is 9.59 Å². The van der Waals surface area contributed by atoms with Crippen molar-refractivity contribution in [3.63, 3.8) is 0 Å². The van der Waals surface area contributed by atoms with Crippen molar-refractivity contribution in [3.8, 4) is 5.75 Å². The van der Waals surface area contributed by atoms with Crippen molar-refractivity contribution in [2.75, 3.05) is 16.8 Å². The van der Waals surface area contributed by atoms with E-state index in [1.165, 1.54) is 0 Å². The summed E-state index contributed by atoms with van der Waals surface area (Å²) in [4.78, 5) is 26.8. The summed E-state index contributed by atoms with van der Waals surface area (Å²) < 4.78 is 5.75. The van der Waals surface area contributed by atoms with Gasteiger partial charge in [-0.2, -0.15) is 0 Å². The van der Waals surface area contributed by atoms with Gasteiger partial charge < -0.3 is 15.0 Å². The van der Waals surface area contributed by atoms with Crippen molar-refractivity contribution in [2.24, 2.45) is 0 Å². The van der Waals surface area contributed by atoms with E-state index in [0.717, 1.165) is 33.7 Å². The number of ether oxygens (including phenoxy) is 1. The van der Waals surface area contributed by atoms with Gasteiger partial charge in [0.05, 0.1) is 6.54 Å². The number of carbonyl (C=O) groups is 2. The molecule has 5 heteroatoms. The molecule has 0 unspecified atom stereocenters. The molecule has 2 amide bonds. The Labute approximate surface area is 182 Å². The molecule has 0 saturated carbocycles. The summed E-state index contributed by atoms with van der Waals surface area (Å²) in [6, 6.07) is 21.6. The molecule has 4 rings (SSSR count). The van der Waals surface area contributed by atoms with Gasteiger partial charge in [-0.25, -0.2) is 0 Å². The Kier molecular flexibility index (Phi) is 6.03. The number of carbonyl (C=O) groups excluding carboxylic acids is 2. The summed E-state index contributed by atoms with van der Waals surface area (Å²) >= 11 is 0. The van der Waals surface area contributed by atoms with E-state index in [0.29, 0.717) is 25.1 Å². The third kappa shape index (κ3) is 4.77. The average molecular weight is 415 g/mol. The molecule has 0 spiro atoms. The smallest absolute Gasteiger partial charge is 0.262 e. The summed E-state index contributed by atoms with van der Waals surface area (Å²) in [6.07, 6.45) is 1.13. The molecule has 5 nitrogen and oxygen atoms in total. The van der Waals surface area contributed by atoms with Crippen LogP contribution in [0.5, 0.6) is 5.75 Å². The molecule has 0 aliphatic carbocycles. The van der Waals surface area contributed by atoms with Crippen LogP contribution in [0.25, 0.3) is 0 Å². The van der Waals surface area contributed by atoms with E-state index in [9.17, 15) is 9.59 Å². The normalized spacial score (nSPS) is 13.0. The zero-order valence-electron chi connectivity index (χ0n) is 17.9. The maximum atomic E-state index is 12.5. The number of nitrogens with one attached hydrogen (secondary N) is 1. The molecule has 1 N–H and O–H groups in total. The number of amides is 2. The number of hydrogen-bond donors (Lipinski definition) is 1. The molecule has 0 bridgehead atoms. The average Bonchev–Trinajstić information content (AvgIpc) is 2.76. The number of anilines is 2. The van der Waals surface area contributed by atoms with E-state index in [1.807, 2.05) is 85.5 Å². The van der Waals surface area contributed by atoms with E-state index < -0.39 is 0 Å². The van der Waals surface area contributed by atoms with Gasteiger partial charge in [0, 0.05) is 17.8 Å². The second-order valence-corrected chi connectivity index (χ2v) is 7.87. The van der Waals surface area contributed by atoms with Gasteiger partial charge in [0.15, 0.2) is 6.61 Å². The van der Waals surface area contributed by atoms with Gasteiger partial charge in [-0.1, -0.05) is 48.5 Å². The van der Waals surface area contributed by atoms with Gasteiger partial charge in [-0.05, 0) is 60.7 Å². The molecule has 0 fully saturated rings. The highest BCUT2D eigenvalue weighted by Crippen LogP contribution is 2.31. The molecule has 0 radical (unpaired) electrons. The molecular weight excluding hydrogens is 388 g/mol. The van der Waals surface area contributed by atoms with Crippen LogP contribution in [0.3, 0.4) is 0 Å². The lowest BCUT2D eigenvalue weighted by atomic mass is 9.99. The van der Waals surface area contributed by atoms with Crippen molar-refractivity contribution in [2.45, 2.75) is 33.2 Å². The number of aryl methyl sites for hydroxylation is 3. The Hall–Kier alpha value is -3.60. The van der Waals surface area contributed by atoms with Crippen LogP contribution < -0.4 is 15.0 Å². The van der Waals surface area contributed by atoms with Crippen LogP contribution >= 0.6 is 0 Å². The minimum absolute atomic E-state index is 0.0542. The summed E-state index contributed by atoms with van der Waals surface area (Å²) in [5, 5.41) is 2.91. The first-order valence-electron chi connectivity index (χ1n) is 10.5. The van der Waals surface area contributed by atoms with E-state index in [1.54, 1.807) is 0 Å². The van der Waals surface area contributed by atoms with Crippen molar-refractivity contribution >= 4 is 23.2 Å². The first kappa shape index (κ1) is 20.7. The fraction of sp³-hybridized carbons (Fsp3) is 0.231. The van der Waals surface area contributed by atoms with Crippen LogP contribution in [0.2, 0.25) is 0 Å². The fourth-order valence-electron chi connectivity index (χ4n) is 3.94. The summed E-state index contributed by atoms with van der Waals surface area (Å²) in [5.41, 5.74) is 5.77. The Morgan fingerprint density at radius 3 is 2.45 bits per heavy atom. The molecule has 3 aromatic carbocycles. The fourth-order valence-corrected chi connectivity index (χ4v) is 3.94. The highest BCUT2D eigenvalue weighted by Gasteiger charge is 2.24. The predicted molar refractivity (Wildman–Crippen MR) is 122 cm³/mol. The number of para-hydroxylation sites is 1. The zero-order valence-corrected chi connectivity index (χ0v) is 17.9. The summed E-state index contributed by atoms with van der Waals surface area (Å²) in [7, 11) is 0. The Morgan fingerprint density at radius 2 is 1.71 bits per heavy atom. The SMILES string of the molecule is Cc1cccc(C)c1OCC(=O)Nc1ccc2c(c1)CCC(=O)N2Cc1ccccc1. The van der Waals surface area contributed by atoms with Crippen LogP contribution in [0.15, 0.2) is 66.7 Å². The third-order valence-electron chi connectivity index (χ3n) is 5.50. The first-order valence-corrected chi connectivity index (χ1v) is 10.5. The lowest BCUT2D eigenvalue weighted by Crippen LogP contribution is -2.34. The lowest BCUT2D eigenvalue weighted by Gasteiger charge is -2.30. The number of fused-ring (bicyclic) bond motifs is 1. The highest BCUT2D eigenvalue weighted by atomic mass is 16.5. The molecule has 0 atom stereocenters. The van der Waals surface area contributed by atoms with Crippen LogP contribution in [0.4, 0.5) is 11.4 Å². The van der Waals surface area contributed by atoms with Crippen molar-refractivity contribution in [1.29, 1.82) is 0 Å². The van der Waals surface area contributed by atoms with E-state index >= 15 is 0 Å². The maximum absolute atomic E-state index is 12.5. The van der Waals surface area contributed by atoms with Gasteiger partial charge >= 0.3 is 0 Å². The molecule has 1 aliphatic heterocycles. The monoisotopic (exact) mass is 414 g/mol. The first-order chi connectivity index (χ1) is 15.0. The van der Waals surface area contributed by atoms with Crippen molar-refractivity contribution < 1.29 is 14.3 Å². The summed E-state index contributed by atoms with van der Waals surface area (Å²) in [6.45, 7) is 4.42. The standard InChI is InChI=1S/C26H26N2O3/c1-18-7-6-8-19(2)26(18)31-17-24(29)27-22-12-13-23-21(15-22)11-14-25(30)28(23)16-20-9-4-3-5-10-20/h3-10,12-13,15H,11,14,16-17H2,1-2H3,(H,27,29). The minimum atomic E-state index is -0.212. The van der Waals surface area contributed by atoms with E-state index in [-0.39, 0.29) is 18.4 Å². The topological polar surface area (TPSA) is 58.6 Å². The lowest BCUT2D eigenvalue weighted by molar-refractivity contribution is -0.119. The van der Waals surface area contributed by atoms with Crippen LogP contribution in [0, 0.1) is 13.8 Å². The Balaban J connectivity index is 1.44. The number of rotatable bonds is 6. The molecule has 0 aromatic heterocycles. The molecule has 1 heterocycles. The quantitative estimate of drug-likeness (QED) is 0.630. The minimum Gasteiger partial charge on any atom is -0.483 e. The molecule has 1 aliphatic rings. The highest BCUT2D eigenvalue weighted by molar-refractivity contribution is 5.97. The number of nitrogens with zero attached hydrogens (tertiary/aromatic N) is 1. The summed E-state index contributed by atoms with van der Waals surface area (Å²) in [5.74, 6) is 0.656. The maximum Gasteiger partial charge on any atom is 0.262 e. The Bertz CT molecular complexity index is 1090. The molecule has 0 saturated heterocycles. The molecule has 158 valence electrons. The molecular formula is C26H26N2O3. The van der Waals surface area contributed by atoms with Gasteiger partial charge in [0.1, 0.15) is 5.75 Å². The predicted octanol–water partition coefficient (Wildman–Crippen LogP) is 4.80. The van der Waals surface area contributed by atoms with Gasteiger partial charge in [0.25, 0.3) is 5.91 Å². The largest absolute Gasteiger partial charge is 0.483 e. The van der Waals surface area contributed by atoms with Gasteiger partial charge in [0.2, 0.25) is 5.91 Å². The second-order valence-electron chi connectivity index (χ2n) is 7.87. The van der Waals surface area contributed by atoms with Crippen LogP contribution in [-0.4, -0.2) is 18.4 Å².